The van der Waals surface area contributed by atoms with Crippen LogP contribution in [0, 0.1) is 16.7 Å². The van der Waals surface area contributed by atoms with Crippen LogP contribution in [0.3, 0.4) is 0 Å². The highest BCUT2D eigenvalue weighted by atomic mass is 19.3. The van der Waals surface area contributed by atoms with Gasteiger partial charge in [-0.05, 0) is 116 Å². The van der Waals surface area contributed by atoms with Crippen LogP contribution >= 0.6 is 0 Å². The summed E-state index contributed by atoms with van der Waals surface area (Å²) in [6, 6.07) is 0.690. The molecule has 0 aromatic rings. The lowest BCUT2D eigenvalue weighted by Gasteiger charge is -2.57. The van der Waals surface area contributed by atoms with E-state index in [-0.39, 0.29) is 23.8 Å². The van der Waals surface area contributed by atoms with Gasteiger partial charge in [0.15, 0.2) is 0 Å². The van der Waals surface area contributed by atoms with Crippen LogP contribution in [0.25, 0.3) is 0 Å². The van der Waals surface area contributed by atoms with Crippen molar-refractivity contribution in [2.45, 2.75) is 103 Å². The van der Waals surface area contributed by atoms with Crippen molar-refractivity contribution in [3.05, 3.63) is 0 Å². The molecule has 0 aromatic carbocycles. The number of hydrogen-bond donors (Lipinski definition) is 0. The molecule has 2 saturated heterocycles. The van der Waals surface area contributed by atoms with Gasteiger partial charge in [0.1, 0.15) is 0 Å². The number of hydrogen-bond acceptors (Lipinski definition) is 2. The van der Waals surface area contributed by atoms with Crippen LogP contribution in [-0.4, -0.2) is 53.5 Å². The van der Waals surface area contributed by atoms with Crippen LogP contribution in [0.15, 0.2) is 0 Å². The van der Waals surface area contributed by atoms with Gasteiger partial charge < -0.3 is 4.90 Å². The summed E-state index contributed by atoms with van der Waals surface area (Å²) in [4.78, 5) is 5.25. The van der Waals surface area contributed by atoms with E-state index in [9.17, 15) is 8.78 Å². The van der Waals surface area contributed by atoms with Crippen molar-refractivity contribution in [1.29, 1.82) is 0 Å². The van der Waals surface area contributed by atoms with E-state index in [1.165, 1.54) is 45.2 Å². The van der Waals surface area contributed by atoms with E-state index in [1.807, 2.05) is 0 Å². The Kier molecular flexibility index (Phi) is 4.94. The Morgan fingerprint density at radius 2 is 1.41 bits per heavy atom. The van der Waals surface area contributed by atoms with Gasteiger partial charge in [-0.25, -0.2) is 8.78 Å². The molecule has 156 valence electrons. The number of alkyl halides is 2. The van der Waals surface area contributed by atoms with Crippen molar-refractivity contribution in [3.8, 4) is 0 Å². The monoisotopic (exact) mass is 382 g/mol. The summed E-state index contributed by atoms with van der Waals surface area (Å²) >= 11 is 0. The zero-order chi connectivity index (χ0) is 19.5. The van der Waals surface area contributed by atoms with E-state index in [0.29, 0.717) is 11.5 Å². The third kappa shape index (κ3) is 3.95. The van der Waals surface area contributed by atoms with Crippen LogP contribution < -0.4 is 0 Å². The van der Waals surface area contributed by atoms with Gasteiger partial charge in [-0.3, -0.25) is 4.90 Å². The molecule has 0 bridgehead atoms. The first-order chi connectivity index (χ1) is 12.5. The number of nitrogens with zero attached hydrogens (tertiary/aromatic N) is 2. The molecule has 0 atom stereocenters. The van der Waals surface area contributed by atoms with Crippen LogP contribution in [0.5, 0.6) is 0 Å². The third-order valence-corrected chi connectivity index (χ3v) is 8.77. The molecule has 2 aliphatic heterocycles. The average Bonchev–Trinajstić information content (AvgIpc) is 2.52. The van der Waals surface area contributed by atoms with Gasteiger partial charge in [-0.2, -0.15) is 0 Å². The Hall–Kier alpha value is -0.220. The average molecular weight is 383 g/mol. The highest BCUT2D eigenvalue weighted by Crippen LogP contribution is 2.59. The zero-order valence-electron chi connectivity index (χ0n) is 18.0. The van der Waals surface area contributed by atoms with Crippen LogP contribution in [0.4, 0.5) is 8.78 Å². The van der Waals surface area contributed by atoms with E-state index < -0.39 is 5.92 Å². The Morgan fingerprint density at radius 1 is 0.889 bits per heavy atom. The lowest BCUT2D eigenvalue weighted by molar-refractivity contribution is -0.182. The van der Waals surface area contributed by atoms with E-state index >= 15 is 0 Å². The van der Waals surface area contributed by atoms with Crippen molar-refractivity contribution in [1.82, 2.24) is 9.80 Å². The minimum Gasteiger partial charge on any atom is -0.301 e. The minimum absolute atomic E-state index is 0.0268. The van der Waals surface area contributed by atoms with Gasteiger partial charge in [0.25, 0.3) is 0 Å². The molecule has 2 aliphatic carbocycles. The zero-order valence-corrected chi connectivity index (χ0v) is 18.0. The molecule has 0 radical (unpaired) electrons. The molecule has 2 nitrogen and oxygen atoms in total. The van der Waals surface area contributed by atoms with Crippen molar-refractivity contribution in [2.24, 2.45) is 16.7 Å². The maximum absolute atomic E-state index is 13.3. The second kappa shape index (κ2) is 6.65. The van der Waals surface area contributed by atoms with E-state index in [4.69, 9.17) is 0 Å². The lowest BCUT2D eigenvalue weighted by atomic mass is 9.55. The molecule has 2 spiro atoms. The molecule has 0 unspecified atom stereocenters. The normalized spacial score (nSPS) is 31.2. The first kappa shape index (κ1) is 20.1. The van der Waals surface area contributed by atoms with Gasteiger partial charge in [0, 0.05) is 24.4 Å². The smallest absolute Gasteiger partial charge is 0.249 e. The van der Waals surface area contributed by atoms with Crippen LogP contribution in [0.1, 0.15) is 85.5 Å². The SMILES string of the molecule is CC(C)N1CCC2(CC1)CC(CC(C)(C)N1CCC3(CC1)CC(F)(F)C3)C2. The topological polar surface area (TPSA) is 6.48 Å². The molecular weight excluding hydrogens is 342 g/mol. The Labute approximate surface area is 165 Å². The van der Waals surface area contributed by atoms with Crippen molar-refractivity contribution >= 4 is 0 Å². The number of likely N-dealkylation sites (tertiary alicyclic amines) is 2. The Bertz CT molecular complexity index is 523. The predicted octanol–water partition coefficient (Wildman–Crippen LogP) is 5.57. The molecule has 2 heterocycles. The molecule has 4 fully saturated rings. The fourth-order valence-corrected chi connectivity index (χ4v) is 7.05. The highest BCUT2D eigenvalue weighted by Gasteiger charge is 2.57. The maximum atomic E-state index is 13.3. The first-order valence-electron chi connectivity index (χ1n) is 11.4. The summed E-state index contributed by atoms with van der Waals surface area (Å²) in [6.45, 7) is 14.0. The second-order valence-electron chi connectivity index (χ2n) is 11.6. The van der Waals surface area contributed by atoms with Gasteiger partial charge in [0.2, 0.25) is 5.92 Å². The molecule has 0 amide bonds. The number of rotatable bonds is 4. The fourth-order valence-electron chi connectivity index (χ4n) is 7.05. The Balaban J connectivity index is 1.23. The summed E-state index contributed by atoms with van der Waals surface area (Å²) < 4.78 is 26.7. The minimum atomic E-state index is -2.37. The van der Waals surface area contributed by atoms with Gasteiger partial charge >= 0.3 is 0 Å². The quantitative estimate of drug-likeness (QED) is 0.627. The summed E-state index contributed by atoms with van der Waals surface area (Å²) in [5.41, 5.74) is 0.843. The van der Waals surface area contributed by atoms with Gasteiger partial charge in [0.05, 0.1) is 0 Å². The number of halogens is 2. The molecule has 27 heavy (non-hydrogen) atoms. The molecular formula is C23H40F2N2. The van der Waals surface area contributed by atoms with E-state index in [0.717, 1.165) is 31.8 Å². The van der Waals surface area contributed by atoms with E-state index in [1.54, 1.807) is 0 Å². The maximum Gasteiger partial charge on any atom is 0.249 e. The summed E-state index contributed by atoms with van der Waals surface area (Å²) in [6.07, 6.45) is 9.16. The number of piperidine rings is 2. The van der Waals surface area contributed by atoms with Gasteiger partial charge in [-0.15, -0.1) is 0 Å². The summed E-state index contributed by atoms with van der Waals surface area (Å²) in [5, 5.41) is 0. The van der Waals surface area contributed by atoms with Crippen molar-refractivity contribution in [3.63, 3.8) is 0 Å². The second-order valence-corrected chi connectivity index (χ2v) is 11.6. The van der Waals surface area contributed by atoms with Gasteiger partial charge in [-0.1, -0.05) is 0 Å². The largest absolute Gasteiger partial charge is 0.301 e. The summed E-state index contributed by atoms with van der Waals surface area (Å²) in [7, 11) is 0. The van der Waals surface area contributed by atoms with Crippen LogP contribution in [0.2, 0.25) is 0 Å². The molecule has 0 aromatic heterocycles. The summed E-state index contributed by atoms with van der Waals surface area (Å²) in [5.74, 6) is -1.50. The first-order valence-corrected chi connectivity index (χ1v) is 11.4. The molecule has 4 rings (SSSR count). The standard InChI is InChI=1S/C23H40F2N2/c1-18(2)26-9-5-21(6-10-26)14-19(15-21)13-20(3,4)27-11-7-22(8-12-27)16-23(24,25)17-22/h18-19H,5-17H2,1-4H3. The Morgan fingerprint density at radius 3 is 1.89 bits per heavy atom. The molecule has 4 aliphatic rings. The van der Waals surface area contributed by atoms with Crippen molar-refractivity contribution in [2.75, 3.05) is 26.2 Å². The van der Waals surface area contributed by atoms with Crippen molar-refractivity contribution < 1.29 is 8.78 Å². The molecule has 0 N–H and O–H groups in total. The fraction of sp³-hybridized carbons (Fsp3) is 1.00. The van der Waals surface area contributed by atoms with Crippen LogP contribution in [-0.2, 0) is 0 Å². The lowest BCUT2D eigenvalue weighted by Crippen LogP contribution is -2.57. The molecule has 4 heteroatoms. The third-order valence-electron chi connectivity index (χ3n) is 8.77. The van der Waals surface area contributed by atoms with E-state index in [2.05, 4.69) is 37.5 Å². The predicted molar refractivity (Wildman–Crippen MR) is 107 cm³/mol. The highest BCUT2D eigenvalue weighted by molar-refractivity contribution is 5.04. The molecule has 2 saturated carbocycles.